The number of anilines is 3. The summed E-state index contributed by atoms with van der Waals surface area (Å²) in [5.41, 5.74) is 21.4. The third kappa shape index (κ3) is 5.22. The molecule has 0 aromatic heterocycles. The highest BCUT2D eigenvalue weighted by Crippen LogP contribution is 2.55. The van der Waals surface area contributed by atoms with Crippen molar-refractivity contribution < 1.29 is 0 Å². The molecule has 0 heterocycles. The maximum absolute atomic E-state index is 2.49. The van der Waals surface area contributed by atoms with Crippen molar-refractivity contribution in [2.75, 3.05) is 4.90 Å². The van der Waals surface area contributed by atoms with Crippen LogP contribution in [0.25, 0.3) is 55.6 Å². The van der Waals surface area contributed by atoms with Gasteiger partial charge in [-0.15, -0.1) is 0 Å². The van der Waals surface area contributed by atoms with E-state index in [4.69, 9.17) is 0 Å². The first-order chi connectivity index (χ1) is 26.8. The van der Waals surface area contributed by atoms with Crippen molar-refractivity contribution in [2.24, 2.45) is 0 Å². The molecule has 1 nitrogen and oxygen atoms in total. The average molecular weight is 706 g/mol. The van der Waals surface area contributed by atoms with E-state index < -0.39 is 0 Å². The molecule has 0 N–H and O–H groups in total. The molecule has 0 radical (unpaired) electrons. The normalized spacial score (nSPS) is 14.1. The minimum Gasteiger partial charge on any atom is -0.310 e. The number of fused-ring (bicyclic) bond motifs is 6. The first kappa shape index (κ1) is 33.2. The molecular weight excluding hydrogens is 663 g/mol. The van der Waals surface area contributed by atoms with Crippen LogP contribution in [0.2, 0.25) is 0 Å². The molecule has 55 heavy (non-hydrogen) atoms. The highest BCUT2D eigenvalue weighted by molar-refractivity contribution is 5.94. The minimum atomic E-state index is -0.221. The maximum Gasteiger partial charge on any atom is 0.0540 e. The van der Waals surface area contributed by atoms with E-state index in [1.54, 1.807) is 0 Å². The van der Waals surface area contributed by atoms with Crippen LogP contribution in [0, 0.1) is 0 Å². The molecule has 0 atom stereocenters. The van der Waals surface area contributed by atoms with Crippen molar-refractivity contribution in [1.29, 1.82) is 0 Å². The second kappa shape index (κ2) is 12.6. The molecule has 0 bridgehead atoms. The Balaban J connectivity index is 1.12. The van der Waals surface area contributed by atoms with E-state index in [-0.39, 0.29) is 10.8 Å². The van der Waals surface area contributed by atoms with Gasteiger partial charge in [0.1, 0.15) is 0 Å². The SMILES string of the molecule is CC1(C)c2ccccc2-c2ccc(N(c3ccc4c(c3)C(C)(C)c3c(-c5ccc(-c6ccccc6)cc5)cccc3-4)c3ccccc3-c3ccccc3)cc21. The molecule has 10 rings (SSSR count). The average Bonchev–Trinajstić information content (AvgIpc) is 3.61. The van der Waals surface area contributed by atoms with Crippen molar-refractivity contribution in [3.63, 3.8) is 0 Å². The minimum absolute atomic E-state index is 0.107. The lowest BCUT2D eigenvalue weighted by molar-refractivity contribution is 0.660. The first-order valence-electron chi connectivity index (χ1n) is 19.4. The van der Waals surface area contributed by atoms with Gasteiger partial charge in [-0.25, -0.2) is 0 Å². The molecule has 0 aliphatic heterocycles. The summed E-state index contributed by atoms with van der Waals surface area (Å²) in [6.45, 7) is 9.54. The van der Waals surface area contributed by atoms with E-state index in [1.165, 1.54) is 77.9 Å². The maximum atomic E-state index is 2.49. The van der Waals surface area contributed by atoms with Gasteiger partial charge in [-0.05, 0) is 103 Å². The number of hydrogen-bond acceptors (Lipinski definition) is 1. The molecule has 0 unspecified atom stereocenters. The van der Waals surface area contributed by atoms with Gasteiger partial charge in [0, 0.05) is 27.8 Å². The Bertz CT molecular complexity index is 2740. The lowest BCUT2D eigenvalue weighted by Gasteiger charge is -2.31. The Morgan fingerprint density at radius 3 is 1.45 bits per heavy atom. The Hall–Kier alpha value is -6.44. The molecule has 0 saturated heterocycles. The molecule has 1 heteroatoms. The number of benzene rings is 8. The summed E-state index contributed by atoms with van der Waals surface area (Å²) >= 11 is 0. The fourth-order valence-corrected chi connectivity index (χ4v) is 9.51. The molecule has 0 fully saturated rings. The third-order valence-electron chi connectivity index (χ3n) is 12.3. The molecule has 2 aliphatic carbocycles. The molecule has 8 aromatic rings. The fraction of sp³-hybridized carbons (Fsp3) is 0.111. The zero-order valence-corrected chi connectivity index (χ0v) is 31.8. The number of rotatable bonds is 6. The van der Waals surface area contributed by atoms with Crippen LogP contribution in [0.15, 0.2) is 188 Å². The molecule has 0 amide bonds. The van der Waals surface area contributed by atoms with Crippen LogP contribution in [0.3, 0.4) is 0 Å². The number of para-hydroxylation sites is 1. The zero-order chi connectivity index (χ0) is 37.3. The topological polar surface area (TPSA) is 3.24 Å². The molecular formula is C54H43N. The van der Waals surface area contributed by atoms with E-state index in [0.29, 0.717) is 0 Å². The Morgan fingerprint density at radius 1 is 0.309 bits per heavy atom. The van der Waals surface area contributed by atoms with Crippen molar-refractivity contribution in [3.8, 4) is 55.6 Å². The van der Waals surface area contributed by atoms with E-state index >= 15 is 0 Å². The predicted molar refractivity (Wildman–Crippen MR) is 233 cm³/mol. The summed E-state index contributed by atoms with van der Waals surface area (Å²) in [4.78, 5) is 2.49. The standard InChI is InChI=1S/C54H43N/c1-53(2)48-24-13-11-21-44(48)45-32-30-40(34-49(45)53)55(51-25-14-12-20-42(51)38-18-9-6-10-19-38)41-31-33-46-47-23-15-22-43(52(47)54(3,4)50(46)35-41)39-28-26-37(27-29-39)36-16-7-5-8-17-36/h5-35H,1-4H3. The molecule has 0 saturated carbocycles. The first-order valence-corrected chi connectivity index (χ1v) is 19.4. The summed E-state index contributed by atoms with van der Waals surface area (Å²) in [5, 5.41) is 0. The van der Waals surface area contributed by atoms with Crippen molar-refractivity contribution >= 4 is 17.1 Å². The van der Waals surface area contributed by atoms with Crippen LogP contribution >= 0.6 is 0 Å². The van der Waals surface area contributed by atoms with Crippen LogP contribution in [0.5, 0.6) is 0 Å². The number of hydrogen-bond donors (Lipinski definition) is 0. The van der Waals surface area contributed by atoms with Crippen LogP contribution in [0.4, 0.5) is 17.1 Å². The van der Waals surface area contributed by atoms with Crippen LogP contribution in [-0.2, 0) is 10.8 Å². The summed E-state index contributed by atoms with van der Waals surface area (Å²) in [6, 6.07) is 69.4. The quantitative estimate of drug-likeness (QED) is 0.166. The van der Waals surface area contributed by atoms with Gasteiger partial charge >= 0.3 is 0 Å². The zero-order valence-electron chi connectivity index (χ0n) is 31.8. The van der Waals surface area contributed by atoms with E-state index in [1.807, 2.05) is 0 Å². The third-order valence-corrected chi connectivity index (χ3v) is 12.3. The molecule has 2 aliphatic rings. The van der Waals surface area contributed by atoms with Crippen LogP contribution in [0.1, 0.15) is 49.9 Å². The largest absolute Gasteiger partial charge is 0.310 e. The van der Waals surface area contributed by atoms with E-state index in [0.717, 1.165) is 17.1 Å². The second-order valence-corrected chi connectivity index (χ2v) is 16.1. The smallest absolute Gasteiger partial charge is 0.0540 e. The van der Waals surface area contributed by atoms with Gasteiger partial charge in [-0.2, -0.15) is 0 Å². The van der Waals surface area contributed by atoms with Gasteiger partial charge in [-0.1, -0.05) is 185 Å². The van der Waals surface area contributed by atoms with Crippen molar-refractivity contribution in [3.05, 3.63) is 210 Å². The summed E-state index contributed by atoms with van der Waals surface area (Å²) in [6.07, 6.45) is 0. The van der Waals surface area contributed by atoms with Gasteiger partial charge in [0.25, 0.3) is 0 Å². The molecule has 264 valence electrons. The lowest BCUT2D eigenvalue weighted by atomic mass is 9.78. The van der Waals surface area contributed by atoms with Gasteiger partial charge in [-0.3, -0.25) is 0 Å². The fourth-order valence-electron chi connectivity index (χ4n) is 9.51. The van der Waals surface area contributed by atoms with Crippen LogP contribution < -0.4 is 4.90 Å². The summed E-state index contributed by atoms with van der Waals surface area (Å²) in [7, 11) is 0. The predicted octanol–water partition coefficient (Wildman–Crippen LogP) is 14.8. The Morgan fingerprint density at radius 2 is 0.764 bits per heavy atom. The van der Waals surface area contributed by atoms with Crippen LogP contribution in [-0.4, -0.2) is 0 Å². The highest BCUT2D eigenvalue weighted by Gasteiger charge is 2.39. The van der Waals surface area contributed by atoms with Gasteiger partial charge in [0.2, 0.25) is 0 Å². The van der Waals surface area contributed by atoms with Gasteiger partial charge in [0.15, 0.2) is 0 Å². The molecule has 8 aromatic carbocycles. The highest BCUT2D eigenvalue weighted by atomic mass is 15.1. The lowest BCUT2D eigenvalue weighted by Crippen LogP contribution is -2.18. The van der Waals surface area contributed by atoms with Gasteiger partial charge in [0.05, 0.1) is 5.69 Å². The van der Waals surface area contributed by atoms with Gasteiger partial charge < -0.3 is 4.90 Å². The van der Waals surface area contributed by atoms with E-state index in [9.17, 15) is 0 Å². The van der Waals surface area contributed by atoms with Crippen molar-refractivity contribution in [1.82, 2.24) is 0 Å². The molecule has 0 spiro atoms. The summed E-state index contributed by atoms with van der Waals surface area (Å²) < 4.78 is 0. The Labute approximate surface area is 325 Å². The second-order valence-electron chi connectivity index (χ2n) is 16.1. The summed E-state index contributed by atoms with van der Waals surface area (Å²) in [5.74, 6) is 0. The van der Waals surface area contributed by atoms with Crippen molar-refractivity contribution in [2.45, 2.75) is 38.5 Å². The number of nitrogens with zero attached hydrogens (tertiary/aromatic N) is 1. The monoisotopic (exact) mass is 705 g/mol. The van der Waals surface area contributed by atoms with E-state index in [2.05, 4.69) is 221 Å². The Kier molecular flexibility index (Phi) is 7.58.